The summed E-state index contributed by atoms with van der Waals surface area (Å²) in [7, 11) is 0. The third-order valence-corrected chi connectivity index (χ3v) is 10.4. The largest absolute Gasteiger partial charge is 0.354 e. The molecular formula is C51H37N. The van der Waals surface area contributed by atoms with Crippen LogP contribution in [0.25, 0.3) is 99.3 Å². The molecule has 0 radical (unpaired) electrons. The molecule has 246 valence electrons. The Morgan fingerprint density at radius 2 is 0.942 bits per heavy atom. The number of benzene rings is 9. The zero-order valence-electron chi connectivity index (χ0n) is 29.1. The SMILES string of the molecule is C=C/C=c1/cc(-c2ccc(-c3cc4c5ccccc5c5[nH]c6ccccc6c5c4c4ccccc34)cc2)c2ccccc2/c1=C/C.c1ccccc1. The molecule has 10 rings (SSSR count). The fourth-order valence-corrected chi connectivity index (χ4v) is 8.10. The molecule has 0 bridgehead atoms. The molecule has 1 nitrogen and oxygen atoms in total. The first-order chi connectivity index (χ1) is 25.7. The van der Waals surface area contributed by atoms with Crippen LogP contribution >= 0.6 is 0 Å². The maximum atomic E-state index is 3.98. The minimum atomic E-state index is 1.17. The highest BCUT2D eigenvalue weighted by Crippen LogP contribution is 2.45. The van der Waals surface area contributed by atoms with Gasteiger partial charge in [-0.05, 0) is 90.1 Å². The molecule has 10 aromatic rings. The Kier molecular flexibility index (Phi) is 7.95. The highest BCUT2D eigenvalue weighted by atomic mass is 14.7. The number of H-pyrrole nitrogens is 1. The zero-order valence-corrected chi connectivity index (χ0v) is 29.1. The Morgan fingerprint density at radius 3 is 1.56 bits per heavy atom. The number of hydrogen-bond acceptors (Lipinski definition) is 0. The van der Waals surface area contributed by atoms with Gasteiger partial charge in [0.2, 0.25) is 0 Å². The van der Waals surface area contributed by atoms with Crippen molar-refractivity contribution in [2.45, 2.75) is 6.92 Å². The number of hydrogen-bond donors (Lipinski definition) is 1. The van der Waals surface area contributed by atoms with Crippen LogP contribution in [0.2, 0.25) is 0 Å². The lowest BCUT2D eigenvalue weighted by molar-refractivity contribution is 1.55. The van der Waals surface area contributed by atoms with Gasteiger partial charge in [0.05, 0.1) is 5.52 Å². The van der Waals surface area contributed by atoms with Crippen LogP contribution in [-0.2, 0) is 0 Å². The van der Waals surface area contributed by atoms with Gasteiger partial charge in [0, 0.05) is 27.1 Å². The maximum Gasteiger partial charge on any atom is 0.0551 e. The van der Waals surface area contributed by atoms with Crippen molar-refractivity contribution in [2.75, 3.05) is 0 Å². The van der Waals surface area contributed by atoms with E-state index in [1.165, 1.54) is 97.6 Å². The Balaban J connectivity index is 0.000000548. The maximum absolute atomic E-state index is 3.98. The lowest BCUT2D eigenvalue weighted by atomic mass is 9.88. The first-order valence-electron chi connectivity index (χ1n) is 17.9. The molecule has 0 saturated carbocycles. The lowest BCUT2D eigenvalue weighted by Gasteiger charge is -2.15. The van der Waals surface area contributed by atoms with Crippen LogP contribution in [0.3, 0.4) is 0 Å². The van der Waals surface area contributed by atoms with Gasteiger partial charge < -0.3 is 4.98 Å². The highest BCUT2D eigenvalue weighted by Gasteiger charge is 2.18. The molecule has 0 aliphatic heterocycles. The van der Waals surface area contributed by atoms with Crippen molar-refractivity contribution in [1.82, 2.24) is 4.98 Å². The van der Waals surface area contributed by atoms with Crippen LogP contribution in [0.5, 0.6) is 0 Å². The highest BCUT2D eigenvalue weighted by molar-refractivity contribution is 6.37. The second-order valence-electron chi connectivity index (χ2n) is 13.3. The molecule has 1 N–H and O–H groups in total. The normalized spacial score (nSPS) is 12.2. The molecule has 0 atom stereocenters. The quantitative estimate of drug-likeness (QED) is 0.181. The number of nitrogens with one attached hydrogen (secondary N) is 1. The third-order valence-electron chi connectivity index (χ3n) is 10.4. The molecule has 0 saturated heterocycles. The Morgan fingerprint density at radius 1 is 0.442 bits per heavy atom. The molecule has 0 amide bonds. The molecule has 0 spiro atoms. The number of aromatic nitrogens is 1. The van der Waals surface area contributed by atoms with Crippen molar-refractivity contribution in [2.24, 2.45) is 0 Å². The van der Waals surface area contributed by atoms with Crippen molar-refractivity contribution in [3.05, 3.63) is 193 Å². The molecule has 52 heavy (non-hydrogen) atoms. The van der Waals surface area contributed by atoms with E-state index in [1.54, 1.807) is 0 Å². The Bertz CT molecular complexity index is 3050. The van der Waals surface area contributed by atoms with Gasteiger partial charge in [-0.1, -0.05) is 176 Å². The molecule has 0 unspecified atom stereocenters. The predicted octanol–water partition coefficient (Wildman–Crippen LogP) is 12.7. The van der Waals surface area contributed by atoms with Crippen molar-refractivity contribution >= 4 is 77.0 Å². The van der Waals surface area contributed by atoms with E-state index < -0.39 is 0 Å². The summed E-state index contributed by atoms with van der Waals surface area (Å²) < 4.78 is 0. The molecule has 1 aromatic heterocycles. The van der Waals surface area contributed by atoms with Gasteiger partial charge in [-0.3, -0.25) is 0 Å². The third kappa shape index (κ3) is 5.18. The van der Waals surface area contributed by atoms with Gasteiger partial charge in [-0.2, -0.15) is 0 Å². The lowest BCUT2D eigenvalue weighted by Crippen LogP contribution is -2.25. The number of para-hydroxylation sites is 1. The number of rotatable bonds is 3. The molecule has 9 aromatic carbocycles. The summed E-state index contributed by atoms with van der Waals surface area (Å²) >= 11 is 0. The Hall–Kier alpha value is -6.70. The number of fused-ring (bicyclic) bond motifs is 11. The van der Waals surface area contributed by atoms with E-state index in [2.05, 4.69) is 164 Å². The van der Waals surface area contributed by atoms with E-state index in [9.17, 15) is 0 Å². The molecule has 0 aliphatic rings. The summed E-state index contributed by atoms with van der Waals surface area (Å²) in [6.45, 7) is 6.09. The second-order valence-corrected chi connectivity index (χ2v) is 13.3. The van der Waals surface area contributed by atoms with E-state index in [1.807, 2.05) is 42.5 Å². The molecular weight excluding hydrogens is 627 g/mol. The topological polar surface area (TPSA) is 15.8 Å². The van der Waals surface area contributed by atoms with Gasteiger partial charge in [0.15, 0.2) is 0 Å². The fraction of sp³-hybridized carbons (Fsp3) is 0.0196. The van der Waals surface area contributed by atoms with E-state index in [0.29, 0.717) is 0 Å². The average Bonchev–Trinajstić information content (AvgIpc) is 3.61. The van der Waals surface area contributed by atoms with Gasteiger partial charge in [0.1, 0.15) is 0 Å². The summed E-state index contributed by atoms with van der Waals surface area (Å²) in [4.78, 5) is 3.77. The van der Waals surface area contributed by atoms with Crippen molar-refractivity contribution in [3.8, 4) is 22.3 Å². The van der Waals surface area contributed by atoms with E-state index in [-0.39, 0.29) is 0 Å². The zero-order chi connectivity index (χ0) is 35.0. The smallest absolute Gasteiger partial charge is 0.0551 e. The van der Waals surface area contributed by atoms with Gasteiger partial charge in [-0.15, -0.1) is 0 Å². The molecule has 1 heteroatoms. The van der Waals surface area contributed by atoms with Crippen molar-refractivity contribution in [3.63, 3.8) is 0 Å². The van der Waals surface area contributed by atoms with Crippen LogP contribution in [0.1, 0.15) is 6.92 Å². The minimum Gasteiger partial charge on any atom is -0.354 e. The summed E-state index contributed by atoms with van der Waals surface area (Å²) in [6, 6.07) is 61.0. The number of aromatic amines is 1. The monoisotopic (exact) mass is 663 g/mol. The van der Waals surface area contributed by atoms with Gasteiger partial charge in [-0.25, -0.2) is 0 Å². The number of allylic oxidation sites excluding steroid dienone is 1. The van der Waals surface area contributed by atoms with Crippen LogP contribution in [0.4, 0.5) is 0 Å². The minimum absolute atomic E-state index is 1.17. The predicted molar refractivity (Wildman–Crippen MR) is 227 cm³/mol. The van der Waals surface area contributed by atoms with Crippen LogP contribution in [0, 0.1) is 0 Å². The molecule has 0 aliphatic carbocycles. The van der Waals surface area contributed by atoms with E-state index >= 15 is 0 Å². The van der Waals surface area contributed by atoms with Gasteiger partial charge in [0.25, 0.3) is 0 Å². The van der Waals surface area contributed by atoms with Crippen molar-refractivity contribution < 1.29 is 0 Å². The van der Waals surface area contributed by atoms with Crippen LogP contribution < -0.4 is 10.4 Å². The van der Waals surface area contributed by atoms with Gasteiger partial charge >= 0.3 is 0 Å². The first kappa shape index (κ1) is 31.3. The van der Waals surface area contributed by atoms with Crippen LogP contribution in [0.15, 0.2) is 183 Å². The summed E-state index contributed by atoms with van der Waals surface area (Å²) in [6.07, 6.45) is 6.18. The summed E-state index contributed by atoms with van der Waals surface area (Å²) in [5.74, 6) is 0. The standard InChI is InChI=1S/C45H31N.C6H6/c1-3-13-30-26-39(33-15-6-5-14-32(33)31(30)4-2)28-22-24-29(25-23-28)40-27-41-35-17-8-10-19-37(35)45-44(38-20-11-12-21-42(38)46-45)43(41)36-18-9-7-16-34(36)40;1-2-4-6-5-3-1/h3-27,46H,1H2,2H3;1-6H/b30-13-,31-4+;. The average molecular weight is 664 g/mol. The molecule has 1 heterocycles. The first-order valence-corrected chi connectivity index (χ1v) is 17.9. The van der Waals surface area contributed by atoms with Crippen LogP contribution in [-0.4, -0.2) is 4.98 Å². The van der Waals surface area contributed by atoms with Crippen molar-refractivity contribution in [1.29, 1.82) is 0 Å². The Labute approximate surface area is 303 Å². The fourth-order valence-electron chi connectivity index (χ4n) is 8.10. The summed E-state index contributed by atoms with van der Waals surface area (Å²) in [5.41, 5.74) is 7.28. The van der Waals surface area contributed by atoms with E-state index in [4.69, 9.17) is 0 Å². The second kappa shape index (κ2) is 13.2. The van der Waals surface area contributed by atoms with E-state index in [0.717, 1.165) is 0 Å². The summed E-state index contributed by atoms with van der Waals surface area (Å²) in [5, 5.41) is 15.2. The molecule has 0 fully saturated rings.